The van der Waals surface area contributed by atoms with Crippen LogP contribution in [0.2, 0.25) is 0 Å². The molecule has 0 fully saturated rings. The van der Waals surface area contributed by atoms with Gasteiger partial charge >= 0.3 is 0 Å². The number of anilines is 2. The van der Waals surface area contributed by atoms with Gasteiger partial charge in [-0.1, -0.05) is 0 Å². The van der Waals surface area contributed by atoms with E-state index in [9.17, 15) is 14.9 Å². The molecule has 1 aromatic carbocycles. The summed E-state index contributed by atoms with van der Waals surface area (Å²) in [5.74, 6) is -0.453. The van der Waals surface area contributed by atoms with Crippen molar-refractivity contribution in [3.8, 4) is 0 Å². The molecule has 0 atom stereocenters. The number of nitrogens with one attached hydrogen (secondary N) is 1. The molecule has 2 aromatic rings. The van der Waals surface area contributed by atoms with Crippen molar-refractivity contribution in [2.45, 2.75) is 0 Å². The molecule has 9 heteroatoms. The van der Waals surface area contributed by atoms with Crippen LogP contribution in [0.15, 0.2) is 36.5 Å². The predicted molar refractivity (Wildman–Crippen MR) is 92.8 cm³/mol. The van der Waals surface area contributed by atoms with Crippen LogP contribution in [0.4, 0.5) is 17.1 Å². The van der Waals surface area contributed by atoms with E-state index in [2.05, 4.69) is 5.32 Å². The third kappa shape index (κ3) is 4.55. The molecule has 0 bridgehead atoms. The third-order valence-electron chi connectivity index (χ3n) is 3.66. The second kappa shape index (κ2) is 8.27. The van der Waals surface area contributed by atoms with E-state index < -0.39 is 10.8 Å². The molecule has 0 saturated carbocycles. The molecule has 0 unspecified atom stereocenters. The lowest BCUT2D eigenvalue weighted by Crippen LogP contribution is -2.29. The number of rotatable bonds is 8. The second-order valence-corrected chi connectivity index (χ2v) is 5.39. The van der Waals surface area contributed by atoms with Gasteiger partial charge in [0.25, 0.3) is 11.6 Å². The number of amides is 1. The summed E-state index contributed by atoms with van der Waals surface area (Å²) in [6.07, 6.45) is 1.28. The maximum absolute atomic E-state index is 12.3. The van der Waals surface area contributed by atoms with Crippen molar-refractivity contribution in [3.63, 3.8) is 0 Å². The second-order valence-electron chi connectivity index (χ2n) is 5.39. The largest absolute Gasteiger partial charge is 0.395 e. The summed E-state index contributed by atoms with van der Waals surface area (Å²) in [7, 11) is 1.56. The van der Waals surface area contributed by atoms with Crippen LogP contribution in [0.3, 0.4) is 0 Å². The fourth-order valence-corrected chi connectivity index (χ4v) is 2.43. The molecule has 0 aliphatic heterocycles. The fraction of sp³-hybridized carbons (Fsp3) is 0.312. The monoisotopic (exact) mass is 348 g/mol. The molecule has 0 spiro atoms. The molecule has 2 rings (SSSR count). The van der Waals surface area contributed by atoms with Crippen LogP contribution in [0.25, 0.3) is 0 Å². The van der Waals surface area contributed by atoms with Crippen LogP contribution in [0, 0.1) is 10.1 Å². The van der Waals surface area contributed by atoms with Gasteiger partial charge in [0.05, 0.1) is 24.3 Å². The van der Waals surface area contributed by atoms with E-state index in [1.165, 1.54) is 16.8 Å². The summed E-state index contributed by atoms with van der Waals surface area (Å²) in [5, 5.41) is 31.6. The van der Waals surface area contributed by atoms with E-state index in [1.807, 2.05) is 4.90 Å². The van der Waals surface area contributed by atoms with Crippen LogP contribution in [-0.2, 0) is 7.05 Å². The van der Waals surface area contributed by atoms with Crippen molar-refractivity contribution < 1.29 is 19.9 Å². The molecule has 3 N–H and O–H groups in total. The summed E-state index contributed by atoms with van der Waals surface area (Å²) in [6, 6.07) is 8.11. The number of nitrogens with zero attached hydrogens (tertiary/aromatic N) is 3. The van der Waals surface area contributed by atoms with Gasteiger partial charge in [-0.15, -0.1) is 0 Å². The van der Waals surface area contributed by atoms with Gasteiger partial charge < -0.3 is 25.0 Å². The first-order valence-corrected chi connectivity index (χ1v) is 7.65. The minimum atomic E-state index is -0.553. The van der Waals surface area contributed by atoms with Gasteiger partial charge in [-0.05, 0) is 24.3 Å². The van der Waals surface area contributed by atoms with Crippen molar-refractivity contribution in [3.05, 3.63) is 52.3 Å². The molecule has 1 heterocycles. The Kier molecular flexibility index (Phi) is 6.09. The van der Waals surface area contributed by atoms with Crippen LogP contribution in [0.5, 0.6) is 0 Å². The van der Waals surface area contributed by atoms with Crippen molar-refractivity contribution >= 4 is 23.0 Å². The van der Waals surface area contributed by atoms with Gasteiger partial charge in [0.15, 0.2) is 0 Å². The van der Waals surface area contributed by atoms with Gasteiger partial charge in [-0.2, -0.15) is 0 Å². The average Bonchev–Trinajstić information content (AvgIpc) is 2.98. The van der Waals surface area contributed by atoms with Crippen molar-refractivity contribution in [2.24, 2.45) is 7.05 Å². The number of hydrogen-bond acceptors (Lipinski definition) is 6. The van der Waals surface area contributed by atoms with Crippen molar-refractivity contribution in [1.29, 1.82) is 0 Å². The van der Waals surface area contributed by atoms with Crippen LogP contribution < -0.4 is 10.2 Å². The van der Waals surface area contributed by atoms with Gasteiger partial charge in [-0.3, -0.25) is 14.9 Å². The molecule has 134 valence electrons. The van der Waals surface area contributed by atoms with Gasteiger partial charge in [-0.25, -0.2) is 0 Å². The van der Waals surface area contributed by atoms with E-state index in [4.69, 9.17) is 10.2 Å². The number of carbonyl (C=O) groups is 1. The number of aryl methyl sites for hydroxylation is 1. The molecule has 0 radical (unpaired) electrons. The molecule has 0 saturated heterocycles. The topological polar surface area (TPSA) is 121 Å². The maximum atomic E-state index is 12.3. The minimum absolute atomic E-state index is 0.0369. The molecule has 0 aliphatic rings. The lowest BCUT2D eigenvalue weighted by Gasteiger charge is -2.23. The third-order valence-corrected chi connectivity index (χ3v) is 3.66. The zero-order valence-corrected chi connectivity index (χ0v) is 13.8. The summed E-state index contributed by atoms with van der Waals surface area (Å²) >= 11 is 0. The van der Waals surface area contributed by atoms with Crippen LogP contribution in [0.1, 0.15) is 10.5 Å². The summed E-state index contributed by atoms with van der Waals surface area (Å²) in [6.45, 7) is 0.702. The molecule has 0 aliphatic carbocycles. The highest BCUT2D eigenvalue weighted by molar-refractivity contribution is 6.03. The lowest BCUT2D eigenvalue weighted by molar-refractivity contribution is -0.384. The number of nitro groups is 1. The first-order chi connectivity index (χ1) is 12.0. The van der Waals surface area contributed by atoms with E-state index in [1.54, 1.807) is 31.3 Å². The summed E-state index contributed by atoms with van der Waals surface area (Å²) in [5.41, 5.74) is 1.37. The quantitative estimate of drug-likeness (QED) is 0.483. The molecule has 25 heavy (non-hydrogen) atoms. The molecule has 1 amide bonds. The molecule has 1 aromatic heterocycles. The van der Waals surface area contributed by atoms with E-state index >= 15 is 0 Å². The first kappa shape index (κ1) is 18.4. The smallest absolute Gasteiger partial charge is 0.287 e. The van der Waals surface area contributed by atoms with Gasteiger partial charge in [0, 0.05) is 37.6 Å². The zero-order chi connectivity index (χ0) is 18.4. The molecule has 9 nitrogen and oxygen atoms in total. The number of aromatic nitrogens is 1. The number of carbonyl (C=O) groups excluding carboxylic acids is 1. The van der Waals surface area contributed by atoms with Gasteiger partial charge in [0.2, 0.25) is 0 Å². The lowest BCUT2D eigenvalue weighted by atomic mass is 10.2. The Labute approximate surface area is 144 Å². The highest BCUT2D eigenvalue weighted by atomic mass is 16.6. The normalized spacial score (nSPS) is 10.5. The Hall–Kier alpha value is -2.91. The first-order valence-electron chi connectivity index (χ1n) is 7.65. The van der Waals surface area contributed by atoms with E-state index in [0.29, 0.717) is 18.8 Å². The Balaban J connectivity index is 2.10. The Morgan fingerprint density at radius 2 is 1.84 bits per heavy atom. The summed E-state index contributed by atoms with van der Waals surface area (Å²) < 4.78 is 1.39. The fourth-order valence-electron chi connectivity index (χ4n) is 2.43. The Bertz CT molecular complexity index is 735. The summed E-state index contributed by atoms with van der Waals surface area (Å²) in [4.78, 5) is 24.3. The Morgan fingerprint density at radius 3 is 2.32 bits per heavy atom. The number of aliphatic hydroxyl groups excluding tert-OH is 2. The van der Waals surface area contributed by atoms with Crippen LogP contribution >= 0.6 is 0 Å². The van der Waals surface area contributed by atoms with E-state index in [0.717, 1.165) is 5.69 Å². The number of aliphatic hydroxyl groups is 2. The predicted octanol–water partition coefficient (Wildman–Crippen LogP) is 0.977. The number of benzene rings is 1. The SMILES string of the molecule is Cn1cc([N+](=O)[O-])cc1C(=O)Nc1ccc(N(CCO)CCO)cc1. The Morgan fingerprint density at radius 1 is 1.24 bits per heavy atom. The van der Waals surface area contributed by atoms with Crippen LogP contribution in [-0.4, -0.2) is 51.9 Å². The average molecular weight is 348 g/mol. The van der Waals surface area contributed by atoms with Gasteiger partial charge in [0.1, 0.15) is 5.69 Å². The molecular formula is C16H20N4O5. The van der Waals surface area contributed by atoms with E-state index in [-0.39, 0.29) is 24.6 Å². The highest BCUT2D eigenvalue weighted by Gasteiger charge is 2.17. The van der Waals surface area contributed by atoms with Crippen molar-refractivity contribution in [2.75, 3.05) is 36.5 Å². The number of hydrogen-bond donors (Lipinski definition) is 3. The minimum Gasteiger partial charge on any atom is -0.395 e. The molecular weight excluding hydrogens is 328 g/mol. The highest BCUT2D eigenvalue weighted by Crippen LogP contribution is 2.20. The standard InChI is InChI=1S/C16H20N4O5/c1-18-11-14(20(24)25)10-15(18)16(23)17-12-2-4-13(5-3-12)19(6-8-21)7-9-22/h2-5,10-11,21-22H,6-9H2,1H3,(H,17,23). The maximum Gasteiger partial charge on any atom is 0.287 e. The van der Waals surface area contributed by atoms with Crippen molar-refractivity contribution in [1.82, 2.24) is 4.57 Å². The zero-order valence-electron chi connectivity index (χ0n) is 13.8.